The lowest BCUT2D eigenvalue weighted by Gasteiger charge is -2.34. The lowest BCUT2D eigenvalue weighted by molar-refractivity contribution is -0.132. The molecule has 210 valence electrons. The quantitative estimate of drug-likeness (QED) is 0.248. The Kier molecular flexibility index (Phi) is 9.14. The zero-order valence-electron chi connectivity index (χ0n) is 23.7. The van der Waals surface area contributed by atoms with Crippen LogP contribution in [-0.2, 0) is 22.5 Å². The van der Waals surface area contributed by atoms with E-state index >= 15 is 0 Å². The molecule has 0 aliphatic carbocycles. The topological polar surface area (TPSA) is 85.4 Å². The number of nitrogens with zero attached hydrogens (tertiary/aromatic N) is 3. The van der Waals surface area contributed by atoms with Gasteiger partial charge in [0.25, 0.3) is 0 Å². The number of fused-ring (bicyclic) bond motifs is 1. The standard InChI is InChI=1S/C33H41N5O2/c1-35-32-15-14-27(22-36-32)25-12-10-24(11-13-25)19-29(34)21-33(39)37-16-5-8-28(23-37)31-20-26-7-3-4-9-30(26)38(31)17-6-18-40-2/h3-4,7,9-15,20,22,28-29H,5-6,8,16-19,21,23,34H2,1-2H3,(H,35,36)/t28?,29-/m1/s1. The molecule has 1 unspecified atom stereocenters. The Bertz CT molecular complexity index is 1400. The second kappa shape index (κ2) is 13.1. The fraction of sp³-hybridized carbons (Fsp3) is 0.394. The minimum atomic E-state index is -0.212. The van der Waals surface area contributed by atoms with E-state index < -0.39 is 0 Å². The van der Waals surface area contributed by atoms with Crippen molar-refractivity contribution in [3.8, 4) is 11.1 Å². The number of rotatable bonds is 11. The third-order valence-electron chi connectivity index (χ3n) is 8.01. The van der Waals surface area contributed by atoms with E-state index in [9.17, 15) is 4.79 Å². The number of para-hydroxylation sites is 1. The fourth-order valence-electron chi connectivity index (χ4n) is 5.91. The molecule has 7 heteroatoms. The number of nitrogens with one attached hydrogen (secondary N) is 1. The van der Waals surface area contributed by atoms with E-state index in [0.29, 0.717) is 18.8 Å². The van der Waals surface area contributed by atoms with Crippen LogP contribution in [0.15, 0.2) is 72.9 Å². The van der Waals surface area contributed by atoms with Gasteiger partial charge in [-0.25, -0.2) is 4.98 Å². The Morgan fingerprint density at radius 1 is 1.12 bits per heavy atom. The number of benzene rings is 2. The van der Waals surface area contributed by atoms with Gasteiger partial charge in [-0.2, -0.15) is 0 Å². The molecule has 3 N–H and O–H groups in total. The Morgan fingerprint density at radius 2 is 1.93 bits per heavy atom. The molecule has 1 saturated heterocycles. The van der Waals surface area contributed by atoms with Crippen LogP contribution in [-0.4, -0.2) is 60.3 Å². The molecule has 1 aliphatic rings. The van der Waals surface area contributed by atoms with E-state index in [-0.39, 0.29) is 11.9 Å². The van der Waals surface area contributed by atoms with Gasteiger partial charge in [0, 0.05) is 81.8 Å². The summed E-state index contributed by atoms with van der Waals surface area (Å²) >= 11 is 0. The summed E-state index contributed by atoms with van der Waals surface area (Å²) < 4.78 is 7.75. The van der Waals surface area contributed by atoms with Crippen molar-refractivity contribution in [2.75, 3.05) is 39.2 Å². The molecule has 0 bridgehead atoms. The monoisotopic (exact) mass is 539 g/mol. The van der Waals surface area contributed by atoms with Crippen molar-refractivity contribution in [3.05, 3.63) is 84.2 Å². The number of aromatic nitrogens is 2. The van der Waals surface area contributed by atoms with E-state index in [0.717, 1.165) is 68.0 Å². The van der Waals surface area contributed by atoms with Gasteiger partial charge in [-0.3, -0.25) is 4.79 Å². The molecule has 5 rings (SSSR count). The summed E-state index contributed by atoms with van der Waals surface area (Å²) in [7, 11) is 3.61. The van der Waals surface area contributed by atoms with Crippen LogP contribution in [0.25, 0.3) is 22.0 Å². The predicted molar refractivity (Wildman–Crippen MR) is 163 cm³/mol. The average molecular weight is 540 g/mol. The van der Waals surface area contributed by atoms with E-state index in [4.69, 9.17) is 10.5 Å². The highest BCUT2D eigenvalue weighted by Crippen LogP contribution is 2.32. The first-order chi connectivity index (χ1) is 19.6. The number of carbonyl (C=O) groups excluding carboxylic acids is 1. The van der Waals surface area contributed by atoms with Crippen molar-refractivity contribution in [2.24, 2.45) is 5.73 Å². The maximum absolute atomic E-state index is 13.3. The number of nitrogens with two attached hydrogens (primary N) is 1. The molecule has 2 aromatic heterocycles. The SMILES string of the molecule is CNc1ccc(-c2ccc(C[C@@H](N)CC(=O)N3CCCC(c4cc5ccccc5n4CCCOC)C3)cc2)cn1. The minimum Gasteiger partial charge on any atom is -0.385 e. The lowest BCUT2D eigenvalue weighted by Crippen LogP contribution is -2.42. The van der Waals surface area contributed by atoms with Gasteiger partial charge in [0.1, 0.15) is 5.82 Å². The van der Waals surface area contributed by atoms with Crippen molar-refractivity contribution in [3.63, 3.8) is 0 Å². The normalized spacial score (nSPS) is 16.3. The van der Waals surface area contributed by atoms with E-state index in [1.54, 1.807) is 7.11 Å². The van der Waals surface area contributed by atoms with Crippen LogP contribution in [0.3, 0.4) is 0 Å². The Hall–Kier alpha value is -3.68. The molecule has 0 spiro atoms. The van der Waals surface area contributed by atoms with Gasteiger partial charge < -0.3 is 25.3 Å². The highest BCUT2D eigenvalue weighted by atomic mass is 16.5. The van der Waals surface area contributed by atoms with Gasteiger partial charge in [0.05, 0.1) is 0 Å². The average Bonchev–Trinajstić information content (AvgIpc) is 3.36. The van der Waals surface area contributed by atoms with Crippen LogP contribution in [0, 0.1) is 0 Å². The van der Waals surface area contributed by atoms with Crippen molar-refractivity contribution < 1.29 is 9.53 Å². The molecule has 4 aromatic rings. The molecule has 1 amide bonds. The first kappa shape index (κ1) is 27.9. The molecule has 2 aromatic carbocycles. The summed E-state index contributed by atoms with van der Waals surface area (Å²) in [6.45, 7) is 3.22. The summed E-state index contributed by atoms with van der Waals surface area (Å²) in [6, 6.07) is 23.1. The number of amides is 1. The molecule has 0 radical (unpaired) electrons. The number of hydrogen-bond acceptors (Lipinski definition) is 5. The Labute approximate surface area is 237 Å². The van der Waals surface area contributed by atoms with Crippen molar-refractivity contribution in [1.29, 1.82) is 0 Å². The molecule has 1 aliphatic heterocycles. The fourth-order valence-corrected chi connectivity index (χ4v) is 5.91. The molecule has 2 atom stereocenters. The van der Waals surface area contributed by atoms with Crippen LogP contribution < -0.4 is 11.1 Å². The molecule has 3 heterocycles. The maximum Gasteiger partial charge on any atom is 0.224 e. The number of hydrogen-bond donors (Lipinski definition) is 2. The van der Waals surface area contributed by atoms with E-state index in [1.165, 1.54) is 16.6 Å². The van der Waals surface area contributed by atoms with Gasteiger partial charge in [-0.1, -0.05) is 42.5 Å². The van der Waals surface area contributed by atoms with E-state index in [2.05, 4.69) is 75.5 Å². The van der Waals surface area contributed by atoms with Gasteiger partial charge >= 0.3 is 0 Å². The first-order valence-corrected chi connectivity index (χ1v) is 14.4. The largest absolute Gasteiger partial charge is 0.385 e. The van der Waals surface area contributed by atoms with Crippen LogP contribution in [0.5, 0.6) is 0 Å². The van der Waals surface area contributed by atoms with Gasteiger partial charge in [0.2, 0.25) is 5.91 Å². The van der Waals surface area contributed by atoms with Crippen LogP contribution >= 0.6 is 0 Å². The zero-order valence-corrected chi connectivity index (χ0v) is 23.7. The molecule has 1 fully saturated rings. The highest BCUT2D eigenvalue weighted by Gasteiger charge is 2.28. The molecule has 7 nitrogen and oxygen atoms in total. The van der Waals surface area contributed by atoms with Gasteiger partial charge in [-0.05, 0) is 66.5 Å². The number of likely N-dealkylation sites (tertiary alicyclic amines) is 1. The van der Waals surface area contributed by atoms with Crippen LogP contribution in [0.1, 0.15) is 42.9 Å². The molecular formula is C33H41N5O2. The third kappa shape index (κ3) is 6.54. The summed E-state index contributed by atoms with van der Waals surface area (Å²) in [4.78, 5) is 19.8. The number of ether oxygens (including phenoxy) is 1. The summed E-state index contributed by atoms with van der Waals surface area (Å²) in [5, 5.41) is 4.30. The molecular weight excluding hydrogens is 498 g/mol. The third-order valence-corrected chi connectivity index (χ3v) is 8.01. The predicted octanol–water partition coefficient (Wildman–Crippen LogP) is 5.45. The lowest BCUT2D eigenvalue weighted by atomic mass is 9.93. The number of carbonyl (C=O) groups is 1. The Morgan fingerprint density at radius 3 is 2.67 bits per heavy atom. The number of anilines is 1. The number of aryl methyl sites for hydroxylation is 1. The van der Waals surface area contributed by atoms with Crippen molar-refractivity contribution in [2.45, 2.75) is 50.6 Å². The highest BCUT2D eigenvalue weighted by molar-refractivity contribution is 5.82. The second-order valence-corrected chi connectivity index (χ2v) is 10.9. The summed E-state index contributed by atoms with van der Waals surface area (Å²) in [6.07, 6.45) is 5.98. The zero-order chi connectivity index (χ0) is 27.9. The van der Waals surface area contributed by atoms with Crippen molar-refractivity contribution in [1.82, 2.24) is 14.5 Å². The summed E-state index contributed by atoms with van der Waals surface area (Å²) in [5.41, 5.74) is 12.4. The second-order valence-electron chi connectivity index (χ2n) is 10.9. The van der Waals surface area contributed by atoms with Crippen molar-refractivity contribution >= 4 is 22.6 Å². The number of pyridine rings is 1. The van der Waals surface area contributed by atoms with Gasteiger partial charge in [0.15, 0.2) is 0 Å². The maximum atomic E-state index is 13.3. The van der Waals surface area contributed by atoms with Gasteiger partial charge in [-0.15, -0.1) is 0 Å². The molecule has 0 saturated carbocycles. The minimum absolute atomic E-state index is 0.159. The Balaban J connectivity index is 1.20. The smallest absolute Gasteiger partial charge is 0.224 e. The van der Waals surface area contributed by atoms with Crippen LogP contribution in [0.2, 0.25) is 0 Å². The van der Waals surface area contributed by atoms with E-state index in [1.807, 2.05) is 24.2 Å². The number of methoxy groups -OCH3 is 1. The summed E-state index contributed by atoms with van der Waals surface area (Å²) in [5.74, 6) is 1.33. The number of piperidine rings is 1. The first-order valence-electron chi connectivity index (χ1n) is 14.4. The van der Waals surface area contributed by atoms with Crippen LogP contribution in [0.4, 0.5) is 5.82 Å². The molecule has 40 heavy (non-hydrogen) atoms.